The number of aryl methyl sites for hydroxylation is 1. The Kier molecular flexibility index (Phi) is 13.6. The van der Waals surface area contributed by atoms with Crippen molar-refractivity contribution in [3.05, 3.63) is 54.1 Å². The summed E-state index contributed by atoms with van der Waals surface area (Å²) in [6.45, 7) is 13.4. The third-order valence-corrected chi connectivity index (χ3v) is 6.81. The van der Waals surface area contributed by atoms with E-state index in [2.05, 4.69) is 13.2 Å². The average molecular weight is 481 g/mol. The Morgan fingerprint density at radius 3 is 1.61 bits per heavy atom. The molecule has 0 radical (unpaired) electrons. The monoisotopic (exact) mass is 480 g/mol. The van der Waals surface area contributed by atoms with Crippen LogP contribution in [0.1, 0.15) is 57.9 Å². The molecule has 0 aliphatic heterocycles. The zero-order valence-electron chi connectivity index (χ0n) is 20.1. The number of benzene rings is 1. The van der Waals surface area contributed by atoms with Gasteiger partial charge in [-0.2, -0.15) is 0 Å². The van der Waals surface area contributed by atoms with Gasteiger partial charge in [0.25, 0.3) is 0 Å². The molecule has 33 heavy (non-hydrogen) atoms. The summed E-state index contributed by atoms with van der Waals surface area (Å²) in [6.07, 6.45) is 4.23. The van der Waals surface area contributed by atoms with Crippen molar-refractivity contribution in [2.45, 2.75) is 59.3 Å². The van der Waals surface area contributed by atoms with Crippen molar-refractivity contribution in [1.82, 2.24) is 0 Å². The molecule has 0 aliphatic carbocycles. The highest BCUT2D eigenvalue weighted by Crippen LogP contribution is 2.48. The molecule has 1 aromatic carbocycles. The smallest absolute Gasteiger partial charge is 0.361 e. The summed E-state index contributed by atoms with van der Waals surface area (Å²) in [5.41, 5.74) is 1.60. The lowest BCUT2D eigenvalue weighted by atomic mass is 10.2. The lowest BCUT2D eigenvalue weighted by Crippen LogP contribution is -2.15. The first kappa shape index (κ1) is 28.8. The molecule has 1 aromatic rings. The molecule has 0 amide bonds. The van der Waals surface area contributed by atoms with Crippen LogP contribution >= 0.6 is 7.60 Å². The highest BCUT2D eigenvalue weighted by molar-refractivity contribution is 7.62. The summed E-state index contributed by atoms with van der Waals surface area (Å²) >= 11 is 0. The van der Waals surface area contributed by atoms with Crippen LogP contribution in [-0.4, -0.2) is 38.4 Å². The first-order valence-electron chi connectivity index (χ1n) is 11.3. The summed E-state index contributed by atoms with van der Waals surface area (Å²) in [5.74, 6) is -0.782. The molecular weight excluding hydrogens is 443 g/mol. The summed E-state index contributed by atoms with van der Waals surface area (Å²) in [6, 6.07) is 7.33. The van der Waals surface area contributed by atoms with Gasteiger partial charge in [-0.3, -0.25) is 4.57 Å². The van der Waals surface area contributed by atoms with Gasteiger partial charge in [0, 0.05) is 11.1 Å². The number of ether oxygens (including phenoxy) is 2. The topological polar surface area (TPSA) is 88.1 Å². The fourth-order valence-corrected chi connectivity index (χ4v) is 4.62. The largest absolute Gasteiger partial charge is 0.462 e. The van der Waals surface area contributed by atoms with Crippen LogP contribution in [0.3, 0.4) is 0 Å². The second kappa shape index (κ2) is 15.6. The minimum atomic E-state index is -3.47. The molecule has 0 saturated carbocycles. The van der Waals surface area contributed by atoms with Crippen LogP contribution in [0.2, 0.25) is 0 Å². The Morgan fingerprint density at radius 2 is 1.18 bits per heavy atom. The number of esters is 2. The van der Waals surface area contributed by atoms with Gasteiger partial charge in [-0.25, -0.2) is 9.59 Å². The molecule has 0 aliphatic rings. The number of rotatable bonds is 17. The van der Waals surface area contributed by atoms with E-state index in [4.69, 9.17) is 18.5 Å². The van der Waals surface area contributed by atoms with Crippen molar-refractivity contribution < 1.29 is 32.7 Å². The summed E-state index contributed by atoms with van der Waals surface area (Å²) in [5, 5.41) is 0.566. The van der Waals surface area contributed by atoms with Crippen LogP contribution in [0.5, 0.6) is 0 Å². The van der Waals surface area contributed by atoms with Gasteiger partial charge in [0.05, 0.1) is 31.7 Å². The van der Waals surface area contributed by atoms with Gasteiger partial charge < -0.3 is 18.5 Å². The van der Waals surface area contributed by atoms with Gasteiger partial charge in [0.1, 0.15) is 0 Å². The minimum absolute atomic E-state index is 0.275. The molecule has 0 spiro atoms. The first-order valence-corrected chi connectivity index (χ1v) is 12.8. The summed E-state index contributed by atoms with van der Waals surface area (Å²) < 4.78 is 35.2. The lowest BCUT2D eigenvalue weighted by molar-refractivity contribution is -0.139. The molecule has 0 heterocycles. The molecule has 184 valence electrons. The molecule has 7 nitrogen and oxygen atoms in total. The normalized spacial score (nSPS) is 11.1. The van der Waals surface area contributed by atoms with Crippen molar-refractivity contribution in [3.63, 3.8) is 0 Å². The molecule has 0 saturated heterocycles. The van der Waals surface area contributed by atoms with Crippen LogP contribution < -0.4 is 5.30 Å². The fraction of sp³-hybridized carbons (Fsp3) is 0.520. The van der Waals surface area contributed by atoms with Crippen molar-refractivity contribution in [1.29, 1.82) is 0 Å². The van der Waals surface area contributed by atoms with Crippen LogP contribution in [-0.2, 0) is 32.7 Å². The van der Waals surface area contributed by atoms with E-state index < -0.39 is 19.5 Å². The third kappa shape index (κ3) is 11.5. The minimum Gasteiger partial charge on any atom is -0.462 e. The van der Waals surface area contributed by atoms with Gasteiger partial charge in [0.2, 0.25) is 0 Å². The van der Waals surface area contributed by atoms with Gasteiger partial charge in [-0.15, -0.1) is 0 Å². The summed E-state index contributed by atoms with van der Waals surface area (Å²) in [4.78, 5) is 22.7. The number of carbonyl (C=O) groups is 2. The first-order chi connectivity index (χ1) is 15.7. The standard InChI is InChI=1S/C25H37O7P/c1-20(2)24(26)29-16-10-6-12-18-31-33(28,23-15-9-8-14-22(23)5)32-19-13-7-11-17-30-25(27)21(3)4/h8-9,14-15H,1,3,6-7,10-13,16-19H2,2,4-5H3. The third-order valence-electron chi connectivity index (χ3n) is 4.67. The molecule has 0 atom stereocenters. The molecule has 0 bridgehead atoms. The number of hydrogen-bond acceptors (Lipinski definition) is 7. The van der Waals surface area contributed by atoms with Crippen molar-refractivity contribution >= 4 is 24.8 Å². The van der Waals surface area contributed by atoms with Crippen LogP contribution in [0.25, 0.3) is 0 Å². The zero-order chi connectivity index (χ0) is 24.7. The van der Waals surface area contributed by atoms with Crippen LogP contribution in [0.15, 0.2) is 48.6 Å². The van der Waals surface area contributed by atoms with Gasteiger partial charge in [-0.05, 0) is 70.9 Å². The van der Waals surface area contributed by atoms with Crippen LogP contribution in [0.4, 0.5) is 0 Å². The van der Waals surface area contributed by atoms with E-state index in [0.717, 1.165) is 18.4 Å². The maximum absolute atomic E-state index is 13.5. The van der Waals surface area contributed by atoms with E-state index in [9.17, 15) is 14.2 Å². The van der Waals surface area contributed by atoms with E-state index in [1.807, 2.05) is 25.1 Å². The van der Waals surface area contributed by atoms with E-state index in [-0.39, 0.29) is 13.2 Å². The highest BCUT2D eigenvalue weighted by Gasteiger charge is 2.29. The summed E-state index contributed by atoms with van der Waals surface area (Å²) in [7, 11) is -3.47. The van der Waals surface area contributed by atoms with Gasteiger partial charge in [0.15, 0.2) is 0 Å². The van der Waals surface area contributed by atoms with Crippen LogP contribution in [0, 0.1) is 6.92 Å². The molecule has 1 rings (SSSR count). The number of hydrogen-bond donors (Lipinski definition) is 0. The number of carbonyl (C=O) groups excluding carboxylic acids is 2. The Balaban J connectivity index is 2.44. The Bertz CT molecular complexity index is 803. The van der Waals surface area contributed by atoms with Gasteiger partial charge >= 0.3 is 19.5 Å². The molecule has 8 heteroatoms. The SMILES string of the molecule is C=C(C)C(=O)OCCCCCOP(=O)(OCCCCCOC(=O)C(=C)C)c1ccccc1C. The van der Waals surface area contributed by atoms with Gasteiger partial charge in [-0.1, -0.05) is 31.4 Å². The molecule has 0 unspecified atom stereocenters. The van der Waals surface area contributed by atoms with E-state index in [0.29, 0.717) is 55.3 Å². The maximum Gasteiger partial charge on any atom is 0.361 e. The number of unbranched alkanes of at least 4 members (excludes halogenated alkanes) is 4. The highest BCUT2D eigenvalue weighted by atomic mass is 31.2. The van der Waals surface area contributed by atoms with E-state index in [1.54, 1.807) is 19.9 Å². The lowest BCUT2D eigenvalue weighted by Gasteiger charge is -2.20. The van der Waals surface area contributed by atoms with E-state index in [1.165, 1.54) is 0 Å². The van der Waals surface area contributed by atoms with Crippen molar-refractivity contribution in [2.75, 3.05) is 26.4 Å². The predicted molar refractivity (Wildman–Crippen MR) is 130 cm³/mol. The fourth-order valence-electron chi connectivity index (χ4n) is 2.75. The molecule has 0 fully saturated rings. The van der Waals surface area contributed by atoms with E-state index >= 15 is 0 Å². The molecule has 0 aromatic heterocycles. The Morgan fingerprint density at radius 1 is 0.758 bits per heavy atom. The molecular formula is C25H37O7P. The van der Waals surface area contributed by atoms with Crippen molar-refractivity contribution in [2.24, 2.45) is 0 Å². The average Bonchev–Trinajstić information content (AvgIpc) is 2.77. The molecule has 0 N–H and O–H groups in total. The quantitative estimate of drug-likeness (QED) is 0.127. The van der Waals surface area contributed by atoms with Crippen molar-refractivity contribution in [3.8, 4) is 0 Å². The second-order valence-corrected chi connectivity index (χ2v) is 9.90. The maximum atomic E-state index is 13.5. The Labute approximate surface area is 197 Å². The predicted octanol–water partition coefficient (Wildman–Crippen LogP) is 5.43. The second-order valence-electron chi connectivity index (χ2n) is 7.90. The zero-order valence-corrected chi connectivity index (χ0v) is 21.0. The Hall–Kier alpha value is -2.21.